The predicted octanol–water partition coefficient (Wildman–Crippen LogP) is 2.40. The molecular formula is C14H20N2O2. The fourth-order valence-electron chi connectivity index (χ4n) is 1.35. The van der Waals surface area contributed by atoms with Gasteiger partial charge < -0.3 is 15.7 Å². The number of phenolic OH excluding ortho intramolecular Hbond substituents is 1. The molecule has 0 aliphatic rings. The summed E-state index contributed by atoms with van der Waals surface area (Å²) in [5.41, 5.74) is 1.07. The van der Waals surface area contributed by atoms with Gasteiger partial charge in [0, 0.05) is 12.7 Å². The standard InChI is InChI=1S/C14H20N2O2/c1-11(2)7-9-15-14(18)16-10-8-12-3-5-13(17)6-4-12/h3-7,9,11,17H,8,10H2,1-2H3,(H2,15,16,18)/b9-7+. The van der Waals surface area contributed by atoms with Crippen LogP contribution < -0.4 is 10.6 Å². The van der Waals surface area contributed by atoms with Crippen molar-refractivity contribution in [1.82, 2.24) is 10.6 Å². The van der Waals surface area contributed by atoms with Gasteiger partial charge in [-0.05, 0) is 30.0 Å². The van der Waals surface area contributed by atoms with Gasteiger partial charge in [0.25, 0.3) is 0 Å². The SMILES string of the molecule is CC(C)/C=C/NC(=O)NCCc1ccc(O)cc1. The molecule has 0 atom stereocenters. The molecule has 0 aromatic heterocycles. The number of nitrogens with one attached hydrogen (secondary N) is 2. The lowest BCUT2D eigenvalue weighted by molar-refractivity contribution is 0.244. The van der Waals surface area contributed by atoms with Crippen molar-refractivity contribution in [2.45, 2.75) is 20.3 Å². The van der Waals surface area contributed by atoms with Crippen LogP contribution in [0.25, 0.3) is 0 Å². The van der Waals surface area contributed by atoms with Gasteiger partial charge in [0.1, 0.15) is 5.75 Å². The van der Waals surface area contributed by atoms with E-state index in [0.29, 0.717) is 12.5 Å². The van der Waals surface area contributed by atoms with Crippen LogP contribution in [0.1, 0.15) is 19.4 Å². The zero-order valence-corrected chi connectivity index (χ0v) is 10.8. The smallest absolute Gasteiger partial charge is 0.318 e. The molecule has 0 radical (unpaired) electrons. The number of carbonyl (C=O) groups is 1. The highest BCUT2D eigenvalue weighted by molar-refractivity contribution is 5.74. The van der Waals surface area contributed by atoms with Gasteiger partial charge in [-0.3, -0.25) is 0 Å². The number of urea groups is 1. The van der Waals surface area contributed by atoms with E-state index in [-0.39, 0.29) is 11.8 Å². The van der Waals surface area contributed by atoms with Crippen molar-refractivity contribution in [2.75, 3.05) is 6.54 Å². The van der Waals surface area contributed by atoms with Crippen LogP contribution in [0.2, 0.25) is 0 Å². The molecule has 98 valence electrons. The van der Waals surface area contributed by atoms with Gasteiger partial charge in [-0.25, -0.2) is 4.79 Å². The summed E-state index contributed by atoms with van der Waals surface area (Å²) < 4.78 is 0. The van der Waals surface area contributed by atoms with Crippen molar-refractivity contribution in [3.05, 3.63) is 42.1 Å². The van der Waals surface area contributed by atoms with E-state index in [0.717, 1.165) is 12.0 Å². The summed E-state index contributed by atoms with van der Waals surface area (Å²) in [4.78, 5) is 11.4. The molecule has 0 saturated carbocycles. The second-order valence-corrected chi connectivity index (χ2v) is 4.42. The third-order valence-corrected chi connectivity index (χ3v) is 2.33. The average molecular weight is 248 g/mol. The van der Waals surface area contributed by atoms with E-state index >= 15 is 0 Å². The fraction of sp³-hybridized carbons (Fsp3) is 0.357. The first-order valence-corrected chi connectivity index (χ1v) is 6.07. The number of carbonyl (C=O) groups excluding carboxylic acids is 1. The van der Waals surface area contributed by atoms with Gasteiger partial charge >= 0.3 is 6.03 Å². The first kappa shape index (κ1) is 14.1. The predicted molar refractivity (Wildman–Crippen MR) is 72.3 cm³/mol. The van der Waals surface area contributed by atoms with E-state index in [1.807, 2.05) is 32.1 Å². The van der Waals surface area contributed by atoms with Crippen molar-refractivity contribution in [2.24, 2.45) is 5.92 Å². The summed E-state index contributed by atoms with van der Waals surface area (Å²) in [5.74, 6) is 0.672. The van der Waals surface area contributed by atoms with Gasteiger partial charge in [0.2, 0.25) is 0 Å². The molecule has 0 aliphatic carbocycles. The van der Waals surface area contributed by atoms with Crippen molar-refractivity contribution >= 4 is 6.03 Å². The average Bonchev–Trinajstić information content (AvgIpc) is 2.31. The molecule has 4 nitrogen and oxygen atoms in total. The number of hydrogen-bond donors (Lipinski definition) is 3. The number of aromatic hydroxyl groups is 1. The Balaban J connectivity index is 2.21. The number of allylic oxidation sites excluding steroid dienone is 1. The van der Waals surface area contributed by atoms with E-state index in [4.69, 9.17) is 5.11 Å². The Hall–Kier alpha value is -1.97. The minimum absolute atomic E-state index is 0.203. The second kappa shape index (κ2) is 7.37. The van der Waals surface area contributed by atoms with Crippen LogP contribution in [0.3, 0.4) is 0 Å². The molecule has 2 amide bonds. The summed E-state index contributed by atoms with van der Waals surface area (Å²) in [6.45, 7) is 4.65. The van der Waals surface area contributed by atoms with Crippen molar-refractivity contribution in [3.8, 4) is 5.75 Å². The van der Waals surface area contributed by atoms with E-state index in [1.54, 1.807) is 18.3 Å². The molecule has 4 heteroatoms. The largest absolute Gasteiger partial charge is 0.508 e. The topological polar surface area (TPSA) is 61.4 Å². The molecule has 0 fully saturated rings. The first-order chi connectivity index (χ1) is 8.58. The van der Waals surface area contributed by atoms with Gasteiger partial charge in [-0.1, -0.05) is 32.1 Å². The van der Waals surface area contributed by atoms with E-state index in [9.17, 15) is 4.79 Å². The van der Waals surface area contributed by atoms with Crippen LogP contribution >= 0.6 is 0 Å². The van der Waals surface area contributed by atoms with Crippen molar-refractivity contribution in [1.29, 1.82) is 0 Å². The minimum Gasteiger partial charge on any atom is -0.508 e. The van der Waals surface area contributed by atoms with Crippen LogP contribution in [0.4, 0.5) is 4.79 Å². The lowest BCUT2D eigenvalue weighted by Crippen LogP contribution is -2.33. The Morgan fingerprint density at radius 3 is 2.61 bits per heavy atom. The molecule has 0 saturated heterocycles. The molecular weight excluding hydrogens is 228 g/mol. The summed E-state index contributed by atoms with van der Waals surface area (Å²) >= 11 is 0. The van der Waals surface area contributed by atoms with E-state index < -0.39 is 0 Å². The van der Waals surface area contributed by atoms with Crippen LogP contribution in [0.5, 0.6) is 5.75 Å². The highest BCUT2D eigenvalue weighted by atomic mass is 16.3. The number of phenols is 1. The maximum atomic E-state index is 11.4. The minimum atomic E-state index is -0.203. The van der Waals surface area contributed by atoms with E-state index in [1.165, 1.54) is 0 Å². The first-order valence-electron chi connectivity index (χ1n) is 6.07. The summed E-state index contributed by atoms with van der Waals surface area (Å²) in [6.07, 6.45) is 4.31. The van der Waals surface area contributed by atoms with E-state index in [2.05, 4.69) is 10.6 Å². The van der Waals surface area contributed by atoms with Gasteiger partial charge in [0.15, 0.2) is 0 Å². The molecule has 0 bridgehead atoms. The zero-order valence-electron chi connectivity index (χ0n) is 10.8. The van der Waals surface area contributed by atoms with Gasteiger partial charge in [-0.2, -0.15) is 0 Å². The normalized spacial score (nSPS) is 10.8. The maximum Gasteiger partial charge on any atom is 0.318 e. The maximum absolute atomic E-state index is 11.4. The highest BCUT2D eigenvalue weighted by Gasteiger charge is 1.97. The molecule has 1 aromatic rings. The number of amides is 2. The Kier molecular flexibility index (Phi) is 5.77. The Labute approximate surface area is 108 Å². The summed E-state index contributed by atoms with van der Waals surface area (Å²) in [6, 6.07) is 6.76. The molecule has 18 heavy (non-hydrogen) atoms. The fourth-order valence-corrected chi connectivity index (χ4v) is 1.35. The number of hydrogen-bond acceptors (Lipinski definition) is 2. The van der Waals surface area contributed by atoms with Gasteiger partial charge in [-0.15, -0.1) is 0 Å². The molecule has 0 unspecified atom stereocenters. The number of benzene rings is 1. The van der Waals surface area contributed by atoms with Crippen LogP contribution in [-0.4, -0.2) is 17.7 Å². The molecule has 1 rings (SSSR count). The highest BCUT2D eigenvalue weighted by Crippen LogP contribution is 2.09. The van der Waals surface area contributed by atoms with Crippen LogP contribution in [0, 0.1) is 5.92 Å². The van der Waals surface area contributed by atoms with Crippen LogP contribution in [0.15, 0.2) is 36.5 Å². The number of rotatable bonds is 5. The summed E-state index contributed by atoms with van der Waals surface area (Å²) in [5, 5.41) is 14.5. The lowest BCUT2D eigenvalue weighted by atomic mass is 10.1. The molecule has 0 aliphatic heterocycles. The molecule has 0 spiro atoms. The van der Waals surface area contributed by atoms with Crippen LogP contribution in [-0.2, 0) is 6.42 Å². The molecule has 0 heterocycles. The van der Waals surface area contributed by atoms with Crippen molar-refractivity contribution < 1.29 is 9.90 Å². The third-order valence-electron chi connectivity index (χ3n) is 2.33. The molecule has 3 N–H and O–H groups in total. The Morgan fingerprint density at radius 2 is 2.00 bits per heavy atom. The zero-order chi connectivity index (χ0) is 13.4. The quantitative estimate of drug-likeness (QED) is 0.749. The lowest BCUT2D eigenvalue weighted by Gasteiger charge is -2.05. The van der Waals surface area contributed by atoms with Crippen molar-refractivity contribution in [3.63, 3.8) is 0 Å². The molecule has 1 aromatic carbocycles. The third kappa shape index (κ3) is 5.94. The summed E-state index contributed by atoms with van der Waals surface area (Å²) in [7, 11) is 0. The van der Waals surface area contributed by atoms with Gasteiger partial charge in [0.05, 0.1) is 0 Å². The Morgan fingerprint density at radius 1 is 1.33 bits per heavy atom. The second-order valence-electron chi connectivity index (χ2n) is 4.42. The monoisotopic (exact) mass is 248 g/mol. The Bertz CT molecular complexity index is 397.